The number of fused-ring (bicyclic) bond motifs is 1. The van der Waals surface area contributed by atoms with Crippen molar-refractivity contribution in [3.05, 3.63) is 59.9 Å². The summed E-state index contributed by atoms with van der Waals surface area (Å²) in [6.45, 7) is 10.5. The minimum atomic E-state index is -0.548. The largest absolute Gasteiger partial charge is 0.490 e. The summed E-state index contributed by atoms with van der Waals surface area (Å²) in [7, 11) is 0. The van der Waals surface area contributed by atoms with Crippen LogP contribution in [0, 0.1) is 6.92 Å². The lowest BCUT2D eigenvalue weighted by Crippen LogP contribution is -2.40. The Morgan fingerprint density at radius 3 is 2.42 bits per heavy atom. The molecule has 2 aliphatic heterocycles. The van der Waals surface area contributed by atoms with Gasteiger partial charge >= 0.3 is 6.09 Å². The minimum absolute atomic E-state index is 0.145. The van der Waals surface area contributed by atoms with E-state index in [1.54, 1.807) is 11.0 Å². The second kappa shape index (κ2) is 10.6. The van der Waals surface area contributed by atoms with E-state index in [0.29, 0.717) is 25.1 Å². The first-order valence-corrected chi connectivity index (χ1v) is 13.4. The molecule has 5 rings (SSSR count). The Balaban J connectivity index is 1.14. The summed E-state index contributed by atoms with van der Waals surface area (Å²) in [4.78, 5) is 29.2. The molecule has 0 bridgehead atoms. The fraction of sp³-hybridized carbons (Fsp3) is 0.467. The van der Waals surface area contributed by atoms with Gasteiger partial charge in [-0.1, -0.05) is 17.7 Å². The van der Waals surface area contributed by atoms with E-state index in [2.05, 4.69) is 41.4 Å². The maximum Gasteiger partial charge on any atom is 0.410 e. The molecule has 8 heteroatoms. The number of nitrogens with zero attached hydrogens (tertiary/aromatic N) is 2. The number of benzene rings is 2. The van der Waals surface area contributed by atoms with Crippen molar-refractivity contribution in [1.29, 1.82) is 0 Å². The van der Waals surface area contributed by atoms with Crippen molar-refractivity contribution in [3.8, 4) is 5.75 Å². The Morgan fingerprint density at radius 2 is 1.71 bits per heavy atom. The third-order valence-electron chi connectivity index (χ3n) is 7.03. The molecule has 0 radical (unpaired) electrons. The second-order valence-electron chi connectivity index (χ2n) is 11.3. The molecule has 2 aromatic carbocycles. The van der Waals surface area contributed by atoms with Crippen LogP contribution in [0.1, 0.15) is 56.2 Å². The predicted octanol–water partition coefficient (Wildman–Crippen LogP) is 5.53. The smallest absolute Gasteiger partial charge is 0.410 e. The molecule has 1 atom stereocenters. The number of amides is 2. The topological polar surface area (TPSA) is 84.3 Å². The van der Waals surface area contributed by atoms with Crippen LogP contribution in [-0.2, 0) is 4.74 Å². The van der Waals surface area contributed by atoms with Crippen molar-refractivity contribution < 1.29 is 23.5 Å². The lowest BCUT2D eigenvalue weighted by molar-refractivity contribution is 0.0290. The van der Waals surface area contributed by atoms with Gasteiger partial charge in [-0.3, -0.25) is 4.79 Å². The van der Waals surface area contributed by atoms with Crippen molar-refractivity contribution >= 4 is 28.7 Å². The third-order valence-corrected chi connectivity index (χ3v) is 7.03. The van der Waals surface area contributed by atoms with Gasteiger partial charge in [-0.25, -0.2) is 4.79 Å². The van der Waals surface area contributed by atoms with Gasteiger partial charge in [0.25, 0.3) is 5.91 Å². The van der Waals surface area contributed by atoms with Crippen LogP contribution in [0.25, 0.3) is 11.0 Å². The zero-order valence-corrected chi connectivity index (χ0v) is 22.7. The van der Waals surface area contributed by atoms with Crippen LogP contribution in [0.3, 0.4) is 0 Å². The summed E-state index contributed by atoms with van der Waals surface area (Å²) in [5, 5.41) is 3.81. The van der Waals surface area contributed by atoms with Crippen LogP contribution < -0.4 is 15.0 Å². The summed E-state index contributed by atoms with van der Waals surface area (Å²) in [6, 6.07) is 15.9. The lowest BCUT2D eigenvalue weighted by Gasteiger charge is -2.33. The third kappa shape index (κ3) is 6.23. The molecule has 2 saturated heterocycles. The molecule has 202 valence electrons. The van der Waals surface area contributed by atoms with Crippen molar-refractivity contribution in [3.63, 3.8) is 0 Å². The first-order chi connectivity index (χ1) is 18.1. The number of hydrogen-bond acceptors (Lipinski definition) is 6. The molecule has 0 unspecified atom stereocenters. The lowest BCUT2D eigenvalue weighted by atomic mass is 10.1. The molecule has 0 saturated carbocycles. The number of carbonyl (C=O) groups excluding carboxylic acids is 2. The van der Waals surface area contributed by atoms with Gasteiger partial charge in [0.15, 0.2) is 5.76 Å². The molecule has 38 heavy (non-hydrogen) atoms. The van der Waals surface area contributed by atoms with Gasteiger partial charge in [0.2, 0.25) is 0 Å². The quantitative estimate of drug-likeness (QED) is 0.477. The van der Waals surface area contributed by atoms with Gasteiger partial charge in [-0.2, -0.15) is 0 Å². The maximum absolute atomic E-state index is 12.9. The molecule has 2 fully saturated rings. The van der Waals surface area contributed by atoms with Gasteiger partial charge in [-0.15, -0.1) is 0 Å². The molecule has 2 aliphatic rings. The Hall–Kier alpha value is -3.68. The molecule has 0 spiro atoms. The number of piperidine rings is 1. The summed E-state index contributed by atoms with van der Waals surface area (Å²) < 4.78 is 17.5. The number of hydrogen-bond donors (Lipinski definition) is 1. The van der Waals surface area contributed by atoms with Crippen LogP contribution in [0.4, 0.5) is 10.5 Å². The molecule has 0 aliphatic carbocycles. The number of nitrogens with one attached hydrogen (secondary N) is 1. The van der Waals surface area contributed by atoms with E-state index in [4.69, 9.17) is 13.9 Å². The van der Waals surface area contributed by atoms with E-state index >= 15 is 0 Å². The standard InChI is InChI=1S/C30H37N3O5/c1-20-5-7-23(8-6-20)32-15-12-24(13-16-32)36-25-9-10-26-21(17-25)18-27(37-26)28(34)31-22-11-14-33(19-22)29(35)38-30(2,3)4/h5-10,17-18,22,24H,11-16,19H2,1-4H3,(H,31,34)/t22-/m1/s1. The van der Waals surface area contributed by atoms with Crippen LogP contribution in [-0.4, -0.2) is 60.8 Å². The molecule has 1 aromatic heterocycles. The highest BCUT2D eigenvalue weighted by atomic mass is 16.6. The number of furan rings is 1. The summed E-state index contributed by atoms with van der Waals surface area (Å²) >= 11 is 0. The molecular formula is C30H37N3O5. The normalized spacial score (nSPS) is 18.6. The van der Waals surface area contributed by atoms with Crippen molar-refractivity contribution in [2.75, 3.05) is 31.1 Å². The fourth-order valence-electron chi connectivity index (χ4n) is 5.01. The van der Waals surface area contributed by atoms with Crippen molar-refractivity contribution in [2.45, 2.75) is 64.7 Å². The van der Waals surface area contributed by atoms with E-state index in [-0.39, 0.29) is 29.9 Å². The summed E-state index contributed by atoms with van der Waals surface area (Å²) in [5.74, 6) is 0.741. The predicted molar refractivity (Wildman–Crippen MR) is 147 cm³/mol. The monoisotopic (exact) mass is 519 g/mol. The number of ether oxygens (including phenoxy) is 2. The number of rotatable bonds is 5. The van der Waals surface area contributed by atoms with Gasteiger partial charge in [0, 0.05) is 56.1 Å². The van der Waals surface area contributed by atoms with Gasteiger partial charge in [0.1, 0.15) is 23.0 Å². The van der Waals surface area contributed by atoms with Crippen molar-refractivity contribution in [2.24, 2.45) is 0 Å². The highest BCUT2D eigenvalue weighted by Crippen LogP contribution is 2.28. The first kappa shape index (κ1) is 25.9. The van der Waals surface area contributed by atoms with E-state index in [9.17, 15) is 9.59 Å². The fourth-order valence-corrected chi connectivity index (χ4v) is 5.01. The van der Waals surface area contributed by atoms with Crippen LogP contribution in [0.2, 0.25) is 0 Å². The van der Waals surface area contributed by atoms with Crippen LogP contribution in [0.5, 0.6) is 5.75 Å². The molecule has 3 heterocycles. The molecule has 1 N–H and O–H groups in total. The molecule has 3 aromatic rings. The van der Waals surface area contributed by atoms with Gasteiger partial charge in [0.05, 0.1) is 0 Å². The molecule has 2 amide bonds. The Morgan fingerprint density at radius 1 is 0.974 bits per heavy atom. The number of carbonyl (C=O) groups is 2. The summed E-state index contributed by atoms with van der Waals surface area (Å²) in [6.07, 6.45) is 2.37. The minimum Gasteiger partial charge on any atom is -0.490 e. The zero-order chi connectivity index (χ0) is 26.9. The van der Waals surface area contributed by atoms with E-state index in [1.165, 1.54) is 11.3 Å². The van der Waals surface area contributed by atoms with E-state index in [0.717, 1.165) is 37.1 Å². The number of anilines is 1. The van der Waals surface area contributed by atoms with Crippen LogP contribution >= 0.6 is 0 Å². The van der Waals surface area contributed by atoms with Gasteiger partial charge in [-0.05, 0) is 70.5 Å². The maximum atomic E-state index is 12.9. The first-order valence-electron chi connectivity index (χ1n) is 13.4. The number of likely N-dealkylation sites (tertiary alicyclic amines) is 1. The number of aryl methyl sites for hydroxylation is 1. The SMILES string of the molecule is Cc1ccc(N2CCC(Oc3ccc4oc(C(=O)N[C@@H]5CCN(C(=O)OC(C)(C)C)C5)cc4c3)CC2)cc1. The van der Waals surface area contributed by atoms with Gasteiger partial charge < -0.3 is 29.0 Å². The Labute approximate surface area is 223 Å². The second-order valence-corrected chi connectivity index (χ2v) is 11.3. The Bertz CT molecular complexity index is 1290. The average Bonchev–Trinajstić information content (AvgIpc) is 3.51. The van der Waals surface area contributed by atoms with Crippen LogP contribution in [0.15, 0.2) is 52.9 Å². The average molecular weight is 520 g/mol. The molecule has 8 nitrogen and oxygen atoms in total. The Kier molecular flexibility index (Phi) is 7.23. The highest BCUT2D eigenvalue weighted by molar-refractivity contribution is 5.96. The van der Waals surface area contributed by atoms with Crippen molar-refractivity contribution in [1.82, 2.24) is 10.2 Å². The highest BCUT2D eigenvalue weighted by Gasteiger charge is 2.31. The zero-order valence-electron chi connectivity index (χ0n) is 22.7. The van der Waals surface area contributed by atoms with E-state index in [1.807, 2.05) is 39.0 Å². The van der Waals surface area contributed by atoms with E-state index < -0.39 is 5.60 Å². The summed E-state index contributed by atoms with van der Waals surface area (Å²) in [5.41, 5.74) is 2.62. The molecular weight excluding hydrogens is 482 g/mol.